The van der Waals surface area contributed by atoms with Gasteiger partial charge in [-0.2, -0.15) is 0 Å². The highest BCUT2D eigenvalue weighted by Crippen LogP contribution is 2.21. The van der Waals surface area contributed by atoms with Crippen molar-refractivity contribution in [1.82, 2.24) is 5.32 Å². The summed E-state index contributed by atoms with van der Waals surface area (Å²) in [6, 6.07) is 7.68. The first kappa shape index (κ1) is 11.6. The summed E-state index contributed by atoms with van der Waals surface area (Å²) in [5.74, 6) is 0. The summed E-state index contributed by atoms with van der Waals surface area (Å²) in [6.07, 6.45) is 0.946. The molecule has 1 atom stereocenters. The van der Waals surface area contributed by atoms with Crippen molar-refractivity contribution in [2.75, 3.05) is 23.7 Å². The van der Waals surface area contributed by atoms with Crippen molar-refractivity contribution in [3.8, 4) is 0 Å². The van der Waals surface area contributed by atoms with Crippen molar-refractivity contribution in [3.63, 3.8) is 0 Å². The highest BCUT2D eigenvalue weighted by atomic mass is 16.4. The van der Waals surface area contributed by atoms with E-state index in [-0.39, 0.29) is 6.04 Å². The SMILES string of the molecule is Nc1ccc(N2CCC[C@@H](NC(=O)O)C2)cc1. The third-order valence-electron chi connectivity index (χ3n) is 3.01. The van der Waals surface area contributed by atoms with E-state index >= 15 is 0 Å². The standard InChI is InChI=1S/C12H17N3O2/c13-9-3-5-11(6-4-9)15-7-1-2-10(8-15)14-12(16)17/h3-6,10,14H,1-2,7-8,13H2,(H,16,17)/t10-/m1/s1. The molecule has 1 aliphatic rings. The van der Waals surface area contributed by atoms with Crippen molar-refractivity contribution in [2.45, 2.75) is 18.9 Å². The summed E-state index contributed by atoms with van der Waals surface area (Å²) < 4.78 is 0. The van der Waals surface area contributed by atoms with Crippen molar-refractivity contribution in [1.29, 1.82) is 0 Å². The quantitative estimate of drug-likeness (QED) is 0.679. The zero-order chi connectivity index (χ0) is 12.3. The van der Waals surface area contributed by atoms with Gasteiger partial charge in [-0.1, -0.05) is 0 Å². The molecule has 0 aliphatic carbocycles. The lowest BCUT2D eigenvalue weighted by molar-refractivity contribution is 0.188. The largest absolute Gasteiger partial charge is 0.465 e. The first-order chi connectivity index (χ1) is 8.15. The molecule has 1 amide bonds. The molecule has 1 saturated heterocycles. The van der Waals surface area contributed by atoms with E-state index in [0.717, 1.165) is 37.3 Å². The predicted octanol–water partition coefficient (Wildman–Crippen LogP) is 1.51. The van der Waals surface area contributed by atoms with Crippen LogP contribution in [-0.4, -0.2) is 30.3 Å². The highest BCUT2D eigenvalue weighted by molar-refractivity contribution is 5.65. The number of carboxylic acid groups (broad SMARTS) is 1. The molecule has 5 heteroatoms. The van der Waals surface area contributed by atoms with Gasteiger partial charge in [0.1, 0.15) is 0 Å². The summed E-state index contributed by atoms with van der Waals surface area (Å²) in [5.41, 5.74) is 7.48. The van der Waals surface area contributed by atoms with Crippen molar-refractivity contribution in [2.24, 2.45) is 0 Å². The number of nitrogens with two attached hydrogens (primary N) is 1. The van der Waals surface area contributed by atoms with Crippen LogP contribution in [0.2, 0.25) is 0 Å². The Morgan fingerprint density at radius 2 is 2.12 bits per heavy atom. The fourth-order valence-corrected chi connectivity index (χ4v) is 2.19. The van der Waals surface area contributed by atoms with E-state index in [1.807, 2.05) is 24.3 Å². The fourth-order valence-electron chi connectivity index (χ4n) is 2.19. The number of rotatable bonds is 2. The maximum atomic E-state index is 10.6. The molecule has 1 fully saturated rings. The molecule has 5 nitrogen and oxygen atoms in total. The summed E-state index contributed by atoms with van der Waals surface area (Å²) in [4.78, 5) is 12.8. The molecule has 17 heavy (non-hydrogen) atoms. The van der Waals surface area contributed by atoms with Crippen LogP contribution in [-0.2, 0) is 0 Å². The Hall–Kier alpha value is -1.91. The van der Waals surface area contributed by atoms with Crippen LogP contribution in [0.25, 0.3) is 0 Å². The molecule has 1 heterocycles. The van der Waals surface area contributed by atoms with Gasteiger partial charge < -0.3 is 21.1 Å². The Balaban J connectivity index is 2.01. The van der Waals surface area contributed by atoms with Crippen molar-refractivity contribution in [3.05, 3.63) is 24.3 Å². The number of amides is 1. The molecule has 1 aromatic carbocycles. The lowest BCUT2D eigenvalue weighted by Gasteiger charge is -2.34. The smallest absolute Gasteiger partial charge is 0.404 e. The van der Waals surface area contributed by atoms with Gasteiger partial charge in [-0.25, -0.2) is 4.79 Å². The van der Waals surface area contributed by atoms with Gasteiger partial charge in [0.15, 0.2) is 0 Å². The first-order valence-electron chi connectivity index (χ1n) is 5.75. The van der Waals surface area contributed by atoms with E-state index in [4.69, 9.17) is 10.8 Å². The Bertz CT molecular complexity index is 391. The molecule has 0 aromatic heterocycles. The summed E-state index contributed by atoms with van der Waals surface area (Å²) in [6.45, 7) is 1.68. The third kappa shape index (κ3) is 3.03. The van der Waals surface area contributed by atoms with Crippen LogP contribution in [0.5, 0.6) is 0 Å². The minimum Gasteiger partial charge on any atom is -0.465 e. The Morgan fingerprint density at radius 3 is 2.76 bits per heavy atom. The topological polar surface area (TPSA) is 78.6 Å². The lowest BCUT2D eigenvalue weighted by Crippen LogP contribution is -2.47. The molecule has 0 unspecified atom stereocenters. The number of nitrogens with zero attached hydrogens (tertiary/aromatic N) is 1. The van der Waals surface area contributed by atoms with Crippen LogP contribution >= 0.6 is 0 Å². The van der Waals surface area contributed by atoms with E-state index in [1.54, 1.807) is 0 Å². The Morgan fingerprint density at radius 1 is 1.41 bits per heavy atom. The Kier molecular flexibility index (Phi) is 3.37. The molecule has 2 rings (SSSR count). The molecule has 0 saturated carbocycles. The number of hydrogen-bond acceptors (Lipinski definition) is 3. The fraction of sp³-hybridized carbons (Fsp3) is 0.417. The number of nitrogen functional groups attached to an aromatic ring is 1. The average molecular weight is 235 g/mol. The Labute approximate surface area is 100 Å². The maximum Gasteiger partial charge on any atom is 0.404 e. The van der Waals surface area contributed by atoms with E-state index < -0.39 is 6.09 Å². The van der Waals surface area contributed by atoms with E-state index in [0.29, 0.717) is 0 Å². The second kappa shape index (κ2) is 4.95. The molecular weight excluding hydrogens is 218 g/mol. The predicted molar refractivity (Wildman–Crippen MR) is 67.2 cm³/mol. The monoisotopic (exact) mass is 235 g/mol. The number of benzene rings is 1. The second-order valence-corrected chi connectivity index (χ2v) is 4.33. The normalized spacial score (nSPS) is 20.0. The molecule has 0 spiro atoms. The van der Waals surface area contributed by atoms with Gasteiger partial charge in [-0.05, 0) is 37.1 Å². The van der Waals surface area contributed by atoms with Crippen LogP contribution in [0, 0.1) is 0 Å². The number of anilines is 2. The molecule has 1 aliphatic heterocycles. The third-order valence-corrected chi connectivity index (χ3v) is 3.01. The van der Waals surface area contributed by atoms with Gasteiger partial charge >= 0.3 is 6.09 Å². The second-order valence-electron chi connectivity index (χ2n) is 4.33. The number of piperidine rings is 1. The van der Waals surface area contributed by atoms with Gasteiger partial charge in [-0.15, -0.1) is 0 Å². The molecular formula is C12H17N3O2. The van der Waals surface area contributed by atoms with Gasteiger partial charge in [0.05, 0.1) is 0 Å². The first-order valence-corrected chi connectivity index (χ1v) is 5.75. The molecule has 92 valence electrons. The van der Waals surface area contributed by atoms with Gasteiger partial charge in [0.25, 0.3) is 0 Å². The zero-order valence-corrected chi connectivity index (χ0v) is 9.60. The number of hydrogen-bond donors (Lipinski definition) is 3. The maximum absolute atomic E-state index is 10.6. The molecule has 0 radical (unpaired) electrons. The number of carbonyl (C=O) groups is 1. The molecule has 0 bridgehead atoms. The highest BCUT2D eigenvalue weighted by Gasteiger charge is 2.21. The van der Waals surface area contributed by atoms with E-state index in [9.17, 15) is 4.79 Å². The van der Waals surface area contributed by atoms with Crippen LogP contribution in [0.4, 0.5) is 16.2 Å². The van der Waals surface area contributed by atoms with Crippen molar-refractivity contribution < 1.29 is 9.90 Å². The van der Waals surface area contributed by atoms with Crippen LogP contribution in [0.1, 0.15) is 12.8 Å². The van der Waals surface area contributed by atoms with Gasteiger partial charge in [-0.3, -0.25) is 0 Å². The molecule has 1 aromatic rings. The van der Waals surface area contributed by atoms with Crippen LogP contribution < -0.4 is 16.0 Å². The van der Waals surface area contributed by atoms with Crippen LogP contribution in [0.15, 0.2) is 24.3 Å². The minimum atomic E-state index is -0.950. The van der Waals surface area contributed by atoms with Gasteiger partial charge in [0, 0.05) is 30.5 Å². The average Bonchev–Trinajstić information content (AvgIpc) is 2.29. The van der Waals surface area contributed by atoms with Gasteiger partial charge in [0.2, 0.25) is 0 Å². The lowest BCUT2D eigenvalue weighted by atomic mass is 10.1. The summed E-state index contributed by atoms with van der Waals surface area (Å²) in [5, 5.41) is 11.3. The van der Waals surface area contributed by atoms with E-state index in [1.165, 1.54) is 0 Å². The van der Waals surface area contributed by atoms with E-state index in [2.05, 4.69) is 10.2 Å². The minimum absolute atomic E-state index is 0.0128. The summed E-state index contributed by atoms with van der Waals surface area (Å²) >= 11 is 0. The number of nitrogens with one attached hydrogen (secondary N) is 1. The zero-order valence-electron chi connectivity index (χ0n) is 9.60. The van der Waals surface area contributed by atoms with Crippen molar-refractivity contribution >= 4 is 17.5 Å². The molecule has 4 N–H and O–H groups in total. The van der Waals surface area contributed by atoms with Crippen LogP contribution in [0.3, 0.4) is 0 Å². The summed E-state index contributed by atoms with van der Waals surface area (Å²) in [7, 11) is 0.